The smallest absolute Gasteiger partial charge is 0.116 e. The predicted molar refractivity (Wildman–Crippen MR) is 79.5 cm³/mol. The molecule has 1 aromatic carbocycles. The maximum Gasteiger partial charge on any atom is 0.116 e. The Kier molecular flexibility index (Phi) is 3.75. The van der Waals surface area contributed by atoms with E-state index in [1.807, 2.05) is 12.1 Å². The van der Waals surface area contributed by atoms with Crippen LogP contribution in [0.5, 0.6) is 0 Å². The molecule has 0 saturated heterocycles. The van der Waals surface area contributed by atoms with Gasteiger partial charge in [0.15, 0.2) is 0 Å². The van der Waals surface area contributed by atoms with Crippen LogP contribution in [0.25, 0.3) is 11.3 Å². The van der Waals surface area contributed by atoms with E-state index in [1.54, 1.807) is 17.1 Å². The first-order valence-electron chi connectivity index (χ1n) is 6.77. The number of benzene rings is 1. The first-order valence-corrected chi connectivity index (χ1v) is 6.77. The van der Waals surface area contributed by atoms with Crippen LogP contribution < -0.4 is 0 Å². The number of aliphatic hydroxyl groups excluding tert-OH is 1. The average molecular weight is 280 g/mol. The number of aliphatic hydroxyl groups is 1. The summed E-state index contributed by atoms with van der Waals surface area (Å²) >= 11 is 0. The van der Waals surface area contributed by atoms with Gasteiger partial charge in [0.1, 0.15) is 5.69 Å². The van der Waals surface area contributed by atoms with E-state index in [9.17, 15) is 5.11 Å². The number of aromatic nitrogens is 4. The molecule has 21 heavy (non-hydrogen) atoms. The molecule has 5 nitrogen and oxygen atoms in total. The second kappa shape index (κ2) is 5.85. The van der Waals surface area contributed by atoms with Gasteiger partial charge in [-0.3, -0.25) is 4.98 Å². The van der Waals surface area contributed by atoms with E-state index in [1.165, 1.54) is 5.56 Å². The van der Waals surface area contributed by atoms with Gasteiger partial charge < -0.3 is 5.11 Å². The minimum atomic E-state index is -0.141. The third kappa shape index (κ3) is 2.83. The SMILES string of the molecule is Cc1ccc(Cn2nnc(CO)c2-c2cccnc2)cc1. The molecule has 0 fully saturated rings. The van der Waals surface area contributed by atoms with Crippen molar-refractivity contribution in [3.63, 3.8) is 0 Å². The number of hydrogen-bond donors (Lipinski definition) is 1. The second-order valence-corrected chi connectivity index (χ2v) is 4.93. The van der Waals surface area contributed by atoms with Crippen LogP contribution in [-0.2, 0) is 13.2 Å². The lowest BCUT2D eigenvalue weighted by Gasteiger charge is -2.08. The summed E-state index contributed by atoms with van der Waals surface area (Å²) in [7, 11) is 0. The molecule has 0 unspecified atom stereocenters. The number of aryl methyl sites for hydroxylation is 1. The summed E-state index contributed by atoms with van der Waals surface area (Å²) in [4.78, 5) is 4.13. The van der Waals surface area contributed by atoms with Gasteiger partial charge in [0.2, 0.25) is 0 Å². The van der Waals surface area contributed by atoms with E-state index >= 15 is 0 Å². The van der Waals surface area contributed by atoms with Crippen LogP contribution in [0.3, 0.4) is 0 Å². The van der Waals surface area contributed by atoms with Crippen molar-refractivity contribution in [1.82, 2.24) is 20.0 Å². The van der Waals surface area contributed by atoms with Crippen LogP contribution >= 0.6 is 0 Å². The number of nitrogens with zero attached hydrogens (tertiary/aromatic N) is 4. The van der Waals surface area contributed by atoms with Gasteiger partial charge in [-0.05, 0) is 24.6 Å². The van der Waals surface area contributed by atoms with Crippen molar-refractivity contribution in [2.75, 3.05) is 0 Å². The molecule has 0 aliphatic carbocycles. The summed E-state index contributed by atoms with van der Waals surface area (Å²) in [5.74, 6) is 0. The molecule has 0 amide bonds. The molecule has 106 valence electrons. The highest BCUT2D eigenvalue weighted by Crippen LogP contribution is 2.22. The quantitative estimate of drug-likeness (QED) is 0.795. The maximum absolute atomic E-state index is 9.46. The van der Waals surface area contributed by atoms with Crippen LogP contribution in [0, 0.1) is 6.92 Å². The topological polar surface area (TPSA) is 63.8 Å². The first kappa shape index (κ1) is 13.5. The Morgan fingerprint density at radius 3 is 2.62 bits per heavy atom. The largest absolute Gasteiger partial charge is 0.390 e. The molecule has 3 rings (SSSR count). The van der Waals surface area contributed by atoms with Gasteiger partial charge in [-0.2, -0.15) is 0 Å². The van der Waals surface area contributed by atoms with E-state index in [0.717, 1.165) is 16.8 Å². The summed E-state index contributed by atoms with van der Waals surface area (Å²) in [6.07, 6.45) is 3.47. The fourth-order valence-electron chi connectivity index (χ4n) is 2.25. The van der Waals surface area contributed by atoms with Crippen LogP contribution in [-0.4, -0.2) is 25.1 Å². The molecule has 0 aliphatic rings. The van der Waals surface area contributed by atoms with Crippen molar-refractivity contribution < 1.29 is 5.11 Å². The van der Waals surface area contributed by atoms with Gasteiger partial charge in [-0.1, -0.05) is 35.0 Å². The molecule has 0 bridgehead atoms. The molecular weight excluding hydrogens is 264 g/mol. The van der Waals surface area contributed by atoms with E-state index < -0.39 is 0 Å². The molecule has 0 spiro atoms. The van der Waals surface area contributed by atoms with Crippen LogP contribution in [0.15, 0.2) is 48.8 Å². The molecule has 0 atom stereocenters. The number of rotatable bonds is 4. The first-order chi connectivity index (χ1) is 10.3. The number of pyridine rings is 1. The van der Waals surface area contributed by atoms with Crippen LogP contribution in [0.2, 0.25) is 0 Å². The van der Waals surface area contributed by atoms with Gasteiger partial charge in [0, 0.05) is 18.0 Å². The molecule has 0 saturated carbocycles. The summed E-state index contributed by atoms with van der Waals surface area (Å²) in [6, 6.07) is 12.1. The maximum atomic E-state index is 9.46. The predicted octanol–water partition coefficient (Wildman–Crippen LogP) is 2.19. The van der Waals surface area contributed by atoms with E-state index in [4.69, 9.17) is 0 Å². The normalized spacial score (nSPS) is 10.8. The Balaban J connectivity index is 1.99. The zero-order valence-corrected chi connectivity index (χ0v) is 11.8. The minimum Gasteiger partial charge on any atom is -0.390 e. The van der Waals surface area contributed by atoms with Crippen molar-refractivity contribution >= 4 is 0 Å². The Morgan fingerprint density at radius 1 is 1.14 bits per heavy atom. The molecule has 2 heterocycles. The van der Waals surface area contributed by atoms with Gasteiger partial charge >= 0.3 is 0 Å². The lowest BCUT2D eigenvalue weighted by Crippen LogP contribution is -2.04. The molecule has 3 aromatic rings. The second-order valence-electron chi connectivity index (χ2n) is 4.93. The van der Waals surface area contributed by atoms with Crippen molar-refractivity contribution in [1.29, 1.82) is 0 Å². The fraction of sp³-hybridized carbons (Fsp3) is 0.188. The summed E-state index contributed by atoms with van der Waals surface area (Å²) < 4.78 is 1.80. The lowest BCUT2D eigenvalue weighted by atomic mass is 10.1. The standard InChI is InChI=1S/C16H16N4O/c1-12-4-6-13(7-5-12)10-20-16(15(11-21)18-19-20)14-3-2-8-17-9-14/h2-9,21H,10-11H2,1H3. The van der Waals surface area contributed by atoms with Crippen LogP contribution in [0.4, 0.5) is 0 Å². The monoisotopic (exact) mass is 280 g/mol. The van der Waals surface area contributed by atoms with Crippen molar-refractivity contribution in [2.45, 2.75) is 20.1 Å². The highest BCUT2D eigenvalue weighted by molar-refractivity contribution is 5.60. The molecule has 0 aliphatic heterocycles. The summed E-state index contributed by atoms with van der Waals surface area (Å²) in [5.41, 5.74) is 4.64. The highest BCUT2D eigenvalue weighted by Gasteiger charge is 2.14. The third-order valence-corrected chi connectivity index (χ3v) is 3.34. The highest BCUT2D eigenvalue weighted by atomic mass is 16.3. The van der Waals surface area contributed by atoms with E-state index in [-0.39, 0.29) is 6.61 Å². The van der Waals surface area contributed by atoms with Crippen molar-refractivity contribution in [3.05, 3.63) is 65.6 Å². The molecular formula is C16H16N4O. The molecule has 5 heteroatoms. The fourth-order valence-corrected chi connectivity index (χ4v) is 2.25. The Hall–Kier alpha value is -2.53. The zero-order chi connectivity index (χ0) is 14.7. The zero-order valence-electron chi connectivity index (χ0n) is 11.8. The number of hydrogen-bond acceptors (Lipinski definition) is 4. The summed E-state index contributed by atoms with van der Waals surface area (Å²) in [5, 5.41) is 17.7. The Morgan fingerprint density at radius 2 is 1.95 bits per heavy atom. The minimum absolute atomic E-state index is 0.141. The third-order valence-electron chi connectivity index (χ3n) is 3.34. The molecule has 2 aromatic heterocycles. The Bertz CT molecular complexity index is 720. The van der Waals surface area contributed by atoms with E-state index in [2.05, 4.69) is 46.5 Å². The summed E-state index contributed by atoms with van der Waals surface area (Å²) in [6.45, 7) is 2.53. The lowest BCUT2D eigenvalue weighted by molar-refractivity contribution is 0.277. The van der Waals surface area contributed by atoms with E-state index in [0.29, 0.717) is 12.2 Å². The van der Waals surface area contributed by atoms with Gasteiger partial charge in [0.25, 0.3) is 0 Å². The van der Waals surface area contributed by atoms with Crippen molar-refractivity contribution in [2.24, 2.45) is 0 Å². The van der Waals surface area contributed by atoms with Gasteiger partial charge in [-0.15, -0.1) is 5.10 Å². The molecule has 0 radical (unpaired) electrons. The van der Waals surface area contributed by atoms with Gasteiger partial charge in [-0.25, -0.2) is 4.68 Å². The van der Waals surface area contributed by atoms with Crippen molar-refractivity contribution in [3.8, 4) is 11.3 Å². The van der Waals surface area contributed by atoms with Gasteiger partial charge in [0.05, 0.1) is 18.8 Å². The van der Waals surface area contributed by atoms with Crippen LogP contribution in [0.1, 0.15) is 16.8 Å². The Labute approximate surface area is 122 Å². The average Bonchev–Trinajstić information content (AvgIpc) is 2.93. The molecule has 1 N–H and O–H groups in total.